The monoisotopic (exact) mass is 402 g/mol. The molecule has 2 aliphatic heterocycles. The van der Waals surface area contributed by atoms with Crippen molar-refractivity contribution in [1.82, 2.24) is 10.3 Å². The van der Waals surface area contributed by atoms with Crippen molar-refractivity contribution in [2.45, 2.75) is 19.4 Å². The van der Waals surface area contributed by atoms with E-state index >= 15 is 0 Å². The molecule has 0 spiro atoms. The first-order valence-corrected chi connectivity index (χ1v) is 8.89. The molecule has 152 valence electrons. The number of nitrogens with one attached hydrogen (secondary N) is 1. The Balaban J connectivity index is 1.67. The van der Waals surface area contributed by atoms with Crippen LogP contribution in [0.2, 0.25) is 0 Å². The summed E-state index contributed by atoms with van der Waals surface area (Å²) in [5, 5.41) is 16.3. The third-order valence-electron chi connectivity index (χ3n) is 4.41. The number of rotatable bonds is 5. The number of hydrazone groups is 1. The van der Waals surface area contributed by atoms with Crippen LogP contribution in [0.25, 0.3) is 0 Å². The quantitative estimate of drug-likeness (QED) is 0.778. The first-order chi connectivity index (χ1) is 13.9. The van der Waals surface area contributed by atoms with E-state index in [-0.39, 0.29) is 37.6 Å². The van der Waals surface area contributed by atoms with Crippen molar-refractivity contribution < 1.29 is 23.5 Å². The fourth-order valence-electron chi connectivity index (χ4n) is 2.97. The van der Waals surface area contributed by atoms with Crippen molar-refractivity contribution >= 4 is 35.6 Å². The Morgan fingerprint density at radius 1 is 1.41 bits per heavy atom. The highest BCUT2D eigenvalue weighted by atomic mass is 19.1. The highest BCUT2D eigenvalue weighted by Crippen LogP contribution is 2.28. The van der Waals surface area contributed by atoms with Crippen molar-refractivity contribution in [2.75, 3.05) is 36.0 Å². The van der Waals surface area contributed by atoms with Gasteiger partial charge in [0.25, 0.3) is 5.91 Å². The fourth-order valence-corrected chi connectivity index (χ4v) is 2.97. The summed E-state index contributed by atoms with van der Waals surface area (Å²) in [4.78, 5) is 37.5. The Morgan fingerprint density at radius 2 is 2.21 bits per heavy atom. The molecule has 0 aliphatic carbocycles. The fraction of sp³-hybridized carbons (Fsp3) is 0.389. The number of nitrogens with zero attached hydrogens (tertiary/aromatic N) is 5. The molecular weight excluding hydrogens is 383 g/mol. The number of nitriles is 1. The number of amides is 3. The Kier molecular flexibility index (Phi) is 5.92. The molecule has 1 aromatic rings. The van der Waals surface area contributed by atoms with E-state index in [1.807, 2.05) is 0 Å². The molecular formula is C18H19FN6O4. The minimum atomic E-state index is -0.612. The number of hydrogen-bond acceptors (Lipinski definition) is 7. The van der Waals surface area contributed by atoms with Gasteiger partial charge in [0.2, 0.25) is 5.91 Å². The van der Waals surface area contributed by atoms with Gasteiger partial charge < -0.3 is 15.0 Å². The average Bonchev–Trinajstić information content (AvgIpc) is 3.07. The lowest BCUT2D eigenvalue weighted by Crippen LogP contribution is -2.40. The zero-order valence-electron chi connectivity index (χ0n) is 15.7. The number of hydrogen-bond donors (Lipinski definition) is 1. The van der Waals surface area contributed by atoms with Crippen LogP contribution in [0.15, 0.2) is 23.3 Å². The standard InChI is InChI=1S/C18H19FN6O4/c1-12(26)21-9-14-10-24(18(28)29-14)13-2-3-16(15(19)8-13)23-6-7-25(22-11-23)17(27)4-5-20/h2-3,8,11,14H,4,6-7,9-10H2,1H3,(H,21,26)/t14-/m0/s1. The lowest BCUT2D eigenvalue weighted by Gasteiger charge is -2.28. The second-order valence-corrected chi connectivity index (χ2v) is 6.47. The third-order valence-corrected chi connectivity index (χ3v) is 4.41. The van der Waals surface area contributed by atoms with Crippen LogP contribution in [0.3, 0.4) is 0 Å². The van der Waals surface area contributed by atoms with Gasteiger partial charge in [-0.2, -0.15) is 10.4 Å². The van der Waals surface area contributed by atoms with E-state index in [1.54, 1.807) is 12.1 Å². The van der Waals surface area contributed by atoms with Crippen molar-refractivity contribution in [3.05, 3.63) is 24.0 Å². The maximum atomic E-state index is 14.7. The molecule has 11 heteroatoms. The van der Waals surface area contributed by atoms with Crippen LogP contribution >= 0.6 is 0 Å². The topological polar surface area (TPSA) is 118 Å². The molecule has 0 aromatic heterocycles. The van der Waals surface area contributed by atoms with E-state index in [0.29, 0.717) is 12.2 Å². The molecule has 0 radical (unpaired) electrons. The van der Waals surface area contributed by atoms with Gasteiger partial charge in [0, 0.05) is 13.5 Å². The number of cyclic esters (lactones) is 1. The van der Waals surface area contributed by atoms with E-state index in [2.05, 4.69) is 10.4 Å². The largest absolute Gasteiger partial charge is 0.442 e. The number of benzene rings is 1. The summed E-state index contributed by atoms with van der Waals surface area (Å²) < 4.78 is 19.9. The second-order valence-electron chi connectivity index (χ2n) is 6.47. The molecule has 1 aromatic carbocycles. The molecule has 2 aliphatic rings. The predicted molar refractivity (Wildman–Crippen MR) is 100 cm³/mol. The second kappa shape index (κ2) is 8.55. The van der Waals surface area contributed by atoms with Gasteiger partial charge in [0.05, 0.1) is 37.1 Å². The minimum absolute atomic E-state index is 0.184. The summed E-state index contributed by atoms with van der Waals surface area (Å²) in [6.45, 7) is 2.27. The lowest BCUT2D eigenvalue weighted by molar-refractivity contribution is -0.130. The number of anilines is 2. The molecule has 1 saturated heterocycles. The number of halogens is 1. The summed E-state index contributed by atoms with van der Waals surface area (Å²) >= 11 is 0. The van der Waals surface area contributed by atoms with Gasteiger partial charge in [0.1, 0.15) is 24.7 Å². The summed E-state index contributed by atoms with van der Waals surface area (Å²) in [5.74, 6) is -1.21. The van der Waals surface area contributed by atoms with Gasteiger partial charge in [0.15, 0.2) is 0 Å². The van der Waals surface area contributed by atoms with Gasteiger partial charge in [-0.3, -0.25) is 14.5 Å². The summed E-state index contributed by atoms with van der Waals surface area (Å²) in [5.41, 5.74) is 0.577. The molecule has 0 unspecified atom stereocenters. The first-order valence-electron chi connectivity index (χ1n) is 8.89. The minimum Gasteiger partial charge on any atom is -0.442 e. The van der Waals surface area contributed by atoms with Crippen molar-refractivity contribution in [3.63, 3.8) is 0 Å². The van der Waals surface area contributed by atoms with Crippen LogP contribution in [0.1, 0.15) is 13.3 Å². The molecule has 3 rings (SSSR count). The van der Waals surface area contributed by atoms with Crippen LogP contribution in [-0.4, -0.2) is 61.5 Å². The van der Waals surface area contributed by atoms with Gasteiger partial charge in [-0.15, -0.1) is 0 Å². The van der Waals surface area contributed by atoms with Crippen LogP contribution in [0.5, 0.6) is 0 Å². The summed E-state index contributed by atoms with van der Waals surface area (Å²) in [7, 11) is 0. The SMILES string of the molecule is CC(=O)NC[C@H]1CN(c2ccc(N3C=NN(C(=O)CC#N)CC3)c(F)c2)C(=O)O1. The molecule has 2 heterocycles. The molecule has 0 bridgehead atoms. The summed E-state index contributed by atoms with van der Waals surface area (Å²) in [6, 6.07) is 6.09. The Hall–Kier alpha value is -3.68. The highest BCUT2D eigenvalue weighted by molar-refractivity contribution is 5.91. The highest BCUT2D eigenvalue weighted by Gasteiger charge is 2.33. The van der Waals surface area contributed by atoms with Crippen LogP contribution in [0.4, 0.5) is 20.6 Å². The Bertz CT molecular complexity index is 899. The molecule has 0 saturated carbocycles. The maximum absolute atomic E-state index is 14.7. The predicted octanol–water partition coefficient (Wildman–Crippen LogP) is 0.793. The molecule has 1 atom stereocenters. The van der Waals surface area contributed by atoms with Crippen LogP contribution in [-0.2, 0) is 14.3 Å². The smallest absolute Gasteiger partial charge is 0.414 e. The molecule has 29 heavy (non-hydrogen) atoms. The first kappa shape index (κ1) is 20.1. The Labute approximate surface area is 166 Å². The van der Waals surface area contributed by atoms with Gasteiger partial charge in [-0.1, -0.05) is 0 Å². The summed E-state index contributed by atoms with van der Waals surface area (Å²) in [6.07, 6.45) is -0.0707. The molecule has 3 amide bonds. The van der Waals surface area contributed by atoms with Crippen molar-refractivity contribution in [2.24, 2.45) is 5.10 Å². The number of carbonyl (C=O) groups is 3. The van der Waals surface area contributed by atoms with E-state index in [9.17, 15) is 18.8 Å². The number of ether oxygens (including phenoxy) is 1. The van der Waals surface area contributed by atoms with Crippen molar-refractivity contribution in [1.29, 1.82) is 5.26 Å². The maximum Gasteiger partial charge on any atom is 0.414 e. The molecule has 10 nitrogen and oxygen atoms in total. The normalized spacial score (nSPS) is 18.4. The Morgan fingerprint density at radius 3 is 2.83 bits per heavy atom. The van der Waals surface area contributed by atoms with E-state index < -0.39 is 23.9 Å². The van der Waals surface area contributed by atoms with Crippen LogP contribution < -0.4 is 15.1 Å². The molecule has 1 N–H and O–H groups in total. The molecule has 1 fully saturated rings. The zero-order chi connectivity index (χ0) is 21.0. The third kappa shape index (κ3) is 4.60. The lowest BCUT2D eigenvalue weighted by atomic mass is 10.2. The van der Waals surface area contributed by atoms with Gasteiger partial charge in [-0.05, 0) is 18.2 Å². The van der Waals surface area contributed by atoms with E-state index in [4.69, 9.17) is 10.00 Å². The average molecular weight is 402 g/mol. The van der Waals surface area contributed by atoms with E-state index in [0.717, 1.165) is 0 Å². The van der Waals surface area contributed by atoms with Crippen LogP contribution in [0, 0.1) is 17.1 Å². The van der Waals surface area contributed by atoms with Gasteiger partial charge >= 0.3 is 6.09 Å². The van der Waals surface area contributed by atoms with Gasteiger partial charge in [-0.25, -0.2) is 14.2 Å². The number of carbonyl (C=O) groups excluding carboxylic acids is 3. The van der Waals surface area contributed by atoms with E-state index in [1.165, 1.54) is 40.2 Å². The zero-order valence-corrected chi connectivity index (χ0v) is 15.7. The van der Waals surface area contributed by atoms with Crippen molar-refractivity contribution in [3.8, 4) is 6.07 Å².